The van der Waals surface area contributed by atoms with Crippen LogP contribution in [0.1, 0.15) is 44.7 Å². The zero-order chi connectivity index (χ0) is 20.8. The van der Waals surface area contributed by atoms with E-state index in [4.69, 9.17) is 0 Å². The number of rotatable bonds is 6. The van der Waals surface area contributed by atoms with Crippen molar-refractivity contribution in [2.45, 2.75) is 57.9 Å². The number of nitrogens with zero attached hydrogens (tertiary/aromatic N) is 2. The van der Waals surface area contributed by atoms with Gasteiger partial charge in [-0.15, -0.1) is 0 Å². The van der Waals surface area contributed by atoms with Gasteiger partial charge < -0.3 is 10.6 Å². The molecule has 2 N–H and O–H groups in total. The minimum Gasteiger partial charge on any atom is -0.355 e. The van der Waals surface area contributed by atoms with E-state index >= 15 is 0 Å². The lowest BCUT2D eigenvalue weighted by Gasteiger charge is -2.33. The number of sulfone groups is 1. The highest BCUT2D eigenvalue weighted by Gasteiger charge is 2.28. The quantitative estimate of drug-likeness (QED) is 0.558. The third-order valence-corrected chi connectivity index (χ3v) is 8.01. The second-order valence-electron chi connectivity index (χ2n) is 8.55. The minimum absolute atomic E-state index is 0.103. The first-order valence-electron chi connectivity index (χ1n) is 10.1. The third-order valence-electron chi connectivity index (χ3n) is 5.40. The van der Waals surface area contributed by atoms with E-state index in [2.05, 4.69) is 51.7 Å². The number of hydrogen-bond donors (Lipinski definition) is 2. The molecule has 7 heteroatoms. The molecule has 0 radical (unpaired) electrons. The molecule has 0 bridgehead atoms. The number of piperidine rings is 1. The predicted octanol–water partition coefficient (Wildman–Crippen LogP) is 2.34. The third kappa shape index (κ3) is 6.48. The van der Waals surface area contributed by atoms with Crippen molar-refractivity contribution in [3.63, 3.8) is 0 Å². The zero-order valence-corrected chi connectivity index (χ0v) is 18.8. The first-order valence-corrected chi connectivity index (χ1v) is 11.7. The normalized spacial score (nSPS) is 17.5. The summed E-state index contributed by atoms with van der Waals surface area (Å²) in [5.74, 6) is 0.785. The molecule has 1 fully saturated rings. The van der Waals surface area contributed by atoms with Gasteiger partial charge in [0.15, 0.2) is 15.8 Å². The lowest BCUT2D eigenvalue weighted by molar-refractivity contribution is 0.198. The number of aliphatic imine (C=N–C) groups is 1. The number of nitrogens with one attached hydrogen (secondary N) is 2. The summed E-state index contributed by atoms with van der Waals surface area (Å²) in [6.45, 7) is 10.8. The topological polar surface area (TPSA) is 73.8 Å². The number of guanidine groups is 1. The van der Waals surface area contributed by atoms with Crippen LogP contribution in [-0.4, -0.2) is 62.5 Å². The highest BCUT2D eigenvalue weighted by atomic mass is 32.2. The molecule has 1 aliphatic rings. The molecule has 0 saturated carbocycles. The first-order chi connectivity index (χ1) is 13.1. The molecule has 1 heterocycles. The van der Waals surface area contributed by atoms with Gasteiger partial charge in [-0.3, -0.25) is 9.89 Å². The van der Waals surface area contributed by atoms with Crippen molar-refractivity contribution in [1.29, 1.82) is 0 Å². The average Bonchev–Trinajstić information content (AvgIpc) is 2.63. The van der Waals surface area contributed by atoms with Crippen molar-refractivity contribution < 1.29 is 8.42 Å². The van der Waals surface area contributed by atoms with Crippen LogP contribution in [0.25, 0.3) is 0 Å². The number of aryl methyl sites for hydroxylation is 1. The monoisotopic (exact) mass is 408 g/mol. The summed E-state index contributed by atoms with van der Waals surface area (Å²) in [6, 6.07) is 8.92. The Balaban J connectivity index is 1.76. The average molecular weight is 409 g/mol. The number of benzene rings is 1. The van der Waals surface area contributed by atoms with Gasteiger partial charge in [-0.05, 0) is 51.7 Å². The summed E-state index contributed by atoms with van der Waals surface area (Å²) in [7, 11) is -1.40. The summed E-state index contributed by atoms with van der Waals surface area (Å²) >= 11 is 0. The van der Waals surface area contributed by atoms with Crippen molar-refractivity contribution in [1.82, 2.24) is 15.5 Å². The summed E-state index contributed by atoms with van der Waals surface area (Å²) in [6.07, 6.45) is 2.10. The fourth-order valence-electron chi connectivity index (χ4n) is 3.26. The molecule has 158 valence electrons. The second kappa shape index (κ2) is 9.74. The van der Waals surface area contributed by atoms with Crippen molar-refractivity contribution in [2.75, 3.05) is 32.4 Å². The Bertz CT molecular complexity index is 761. The predicted molar refractivity (Wildman–Crippen MR) is 118 cm³/mol. The molecule has 1 aliphatic heterocycles. The van der Waals surface area contributed by atoms with E-state index in [0.29, 0.717) is 18.5 Å². The van der Waals surface area contributed by atoms with Gasteiger partial charge in [0.25, 0.3) is 0 Å². The van der Waals surface area contributed by atoms with E-state index < -0.39 is 14.6 Å². The molecule has 0 unspecified atom stereocenters. The van der Waals surface area contributed by atoms with Crippen molar-refractivity contribution in [2.24, 2.45) is 4.99 Å². The Hall–Kier alpha value is -1.60. The molecule has 2 rings (SSSR count). The van der Waals surface area contributed by atoms with Gasteiger partial charge in [0.2, 0.25) is 0 Å². The van der Waals surface area contributed by atoms with Gasteiger partial charge in [0.1, 0.15) is 0 Å². The van der Waals surface area contributed by atoms with Crippen LogP contribution in [0.15, 0.2) is 29.3 Å². The number of hydrogen-bond acceptors (Lipinski definition) is 4. The lowest BCUT2D eigenvalue weighted by atomic mass is 10.0. The Morgan fingerprint density at radius 3 is 2.43 bits per heavy atom. The zero-order valence-electron chi connectivity index (χ0n) is 18.0. The smallest absolute Gasteiger partial charge is 0.191 e. The molecule has 0 amide bonds. The molecule has 1 saturated heterocycles. The molecule has 28 heavy (non-hydrogen) atoms. The molecular weight excluding hydrogens is 372 g/mol. The highest BCUT2D eigenvalue weighted by molar-refractivity contribution is 7.92. The fraction of sp³-hybridized carbons (Fsp3) is 0.667. The van der Waals surface area contributed by atoms with Gasteiger partial charge >= 0.3 is 0 Å². The summed E-state index contributed by atoms with van der Waals surface area (Å²) in [5, 5.41) is 6.59. The molecule has 1 aromatic rings. The summed E-state index contributed by atoms with van der Waals surface area (Å²) in [4.78, 5) is 6.74. The van der Waals surface area contributed by atoms with E-state index in [1.165, 1.54) is 11.1 Å². The van der Waals surface area contributed by atoms with Crippen LogP contribution < -0.4 is 10.6 Å². The summed E-state index contributed by atoms with van der Waals surface area (Å²) < 4.78 is 23.7. The van der Waals surface area contributed by atoms with E-state index in [-0.39, 0.29) is 5.75 Å². The van der Waals surface area contributed by atoms with Crippen molar-refractivity contribution in [3.05, 3.63) is 35.4 Å². The molecule has 6 nitrogen and oxygen atoms in total. The van der Waals surface area contributed by atoms with Crippen LogP contribution in [0.4, 0.5) is 0 Å². The Morgan fingerprint density at radius 2 is 1.86 bits per heavy atom. The van der Waals surface area contributed by atoms with Crippen LogP contribution >= 0.6 is 0 Å². The highest BCUT2D eigenvalue weighted by Crippen LogP contribution is 2.17. The molecule has 0 aliphatic carbocycles. The van der Waals surface area contributed by atoms with Gasteiger partial charge in [0.05, 0.1) is 10.5 Å². The van der Waals surface area contributed by atoms with Gasteiger partial charge in [0, 0.05) is 39.3 Å². The largest absolute Gasteiger partial charge is 0.355 e. The maximum atomic E-state index is 12.2. The minimum atomic E-state index is -3.13. The van der Waals surface area contributed by atoms with E-state index in [0.717, 1.165) is 32.5 Å². The Kier molecular flexibility index (Phi) is 7.89. The van der Waals surface area contributed by atoms with Gasteiger partial charge in [-0.1, -0.05) is 24.3 Å². The van der Waals surface area contributed by atoms with Crippen LogP contribution in [-0.2, 0) is 16.4 Å². The van der Waals surface area contributed by atoms with E-state index in [1.807, 2.05) is 0 Å². The second-order valence-corrected chi connectivity index (χ2v) is 11.4. The molecular formula is C21H36N4O2S. The molecule has 0 aromatic heterocycles. The molecule has 1 aromatic carbocycles. The van der Waals surface area contributed by atoms with Crippen molar-refractivity contribution >= 4 is 15.8 Å². The first kappa shape index (κ1) is 22.7. The summed E-state index contributed by atoms with van der Waals surface area (Å²) in [5.41, 5.74) is 2.74. The fourth-order valence-corrected chi connectivity index (χ4v) is 4.24. The SMILES string of the molecule is CN=C(NCCS(=O)(=O)C(C)(C)C)NC1CCN(Cc2ccccc2C)CC1. The Labute approximate surface area is 170 Å². The standard InChI is InChI=1S/C21H36N4O2S/c1-17-8-6-7-9-18(17)16-25-13-10-19(11-14-25)24-20(22-5)23-12-15-28(26,27)21(2,3)4/h6-9,19H,10-16H2,1-5H3,(H2,22,23,24). The van der Waals surface area contributed by atoms with Crippen molar-refractivity contribution in [3.8, 4) is 0 Å². The van der Waals surface area contributed by atoms with Gasteiger partial charge in [-0.25, -0.2) is 8.42 Å². The Morgan fingerprint density at radius 1 is 1.21 bits per heavy atom. The number of likely N-dealkylation sites (tertiary alicyclic amines) is 1. The molecule has 0 atom stereocenters. The van der Waals surface area contributed by atoms with E-state index in [9.17, 15) is 8.42 Å². The van der Waals surface area contributed by atoms with Crippen LogP contribution in [0.5, 0.6) is 0 Å². The van der Waals surface area contributed by atoms with Crippen LogP contribution in [0, 0.1) is 6.92 Å². The van der Waals surface area contributed by atoms with Gasteiger partial charge in [-0.2, -0.15) is 0 Å². The maximum absolute atomic E-state index is 12.2. The van der Waals surface area contributed by atoms with Crippen LogP contribution in [0.3, 0.4) is 0 Å². The lowest BCUT2D eigenvalue weighted by Crippen LogP contribution is -2.49. The molecule has 0 spiro atoms. The van der Waals surface area contributed by atoms with Crippen LogP contribution in [0.2, 0.25) is 0 Å². The van der Waals surface area contributed by atoms with E-state index in [1.54, 1.807) is 27.8 Å². The maximum Gasteiger partial charge on any atom is 0.191 e.